The van der Waals surface area contributed by atoms with Gasteiger partial charge in [0.15, 0.2) is 0 Å². The Morgan fingerprint density at radius 2 is 1.96 bits per heavy atom. The van der Waals surface area contributed by atoms with E-state index in [1.807, 2.05) is 36.4 Å². The fraction of sp³-hybridized carbons (Fsp3) is 0.409. The summed E-state index contributed by atoms with van der Waals surface area (Å²) in [6.07, 6.45) is 2.61. The summed E-state index contributed by atoms with van der Waals surface area (Å²) in [5, 5.41) is 4.46. The zero-order chi connectivity index (χ0) is 20.1. The third kappa shape index (κ3) is 4.97. The van der Waals surface area contributed by atoms with Crippen LogP contribution in [0.3, 0.4) is 0 Å². The lowest BCUT2D eigenvalue weighted by molar-refractivity contribution is -0.120. The second-order valence-electron chi connectivity index (χ2n) is 7.08. The molecule has 2 aromatic carbocycles. The number of para-hydroxylation sites is 1. The summed E-state index contributed by atoms with van der Waals surface area (Å²) in [5.41, 5.74) is 1.81. The lowest BCUT2D eigenvalue weighted by Gasteiger charge is -2.41. The van der Waals surface area contributed by atoms with Crippen LogP contribution in [-0.4, -0.2) is 17.3 Å². The van der Waals surface area contributed by atoms with Crippen molar-refractivity contribution in [2.45, 2.75) is 50.5 Å². The minimum Gasteiger partial charge on any atom is -0.487 e. The van der Waals surface area contributed by atoms with Gasteiger partial charge in [-0.15, -0.1) is 11.8 Å². The second-order valence-corrected chi connectivity index (χ2v) is 8.91. The first-order valence-corrected chi connectivity index (χ1v) is 11.5. The van der Waals surface area contributed by atoms with Crippen molar-refractivity contribution in [1.82, 2.24) is 5.32 Å². The van der Waals surface area contributed by atoms with Crippen LogP contribution in [0.15, 0.2) is 42.5 Å². The van der Waals surface area contributed by atoms with Crippen molar-refractivity contribution < 1.29 is 9.53 Å². The van der Waals surface area contributed by atoms with Crippen LogP contribution in [-0.2, 0) is 10.5 Å². The zero-order valence-corrected chi connectivity index (χ0v) is 18.5. The molecule has 1 unspecified atom stereocenters. The number of carbonyl (C=O) groups is 1. The fourth-order valence-electron chi connectivity index (χ4n) is 3.56. The highest BCUT2D eigenvalue weighted by Gasteiger charge is 2.38. The van der Waals surface area contributed by atoms with Crippen LogP contribution < -0.4 is 10.1 Å². The maximum atomic E-state index is 12.6. The summed E-state index contributed by atoms with van der Waals surface area (Å²) in [6, 6.07) is 13.4. The number of carbonyl (C=O) groups excluding carboxylic acids is 1. The van der Waals surface area contributed by atoms with E-state index in [0.717, 1.165) is 36.1 Å². The van der Waals surface area contributed by atoms with Crippen LogP contribution in [0.5, 0.6) is 5.75 Å². The van der Waals surface area contributed by atoms with E-state index in [1.54, 1.807) is 17.8 Å². The minimum absolute atomic E-state index is 0.0258. The molecule has 2 aromatic rings. The molecular weight excluding hydrogens is 413 g/mol. The molecule has 0 spiro atoms. The van der Waals surface area contributed by atoms with Gasteiger partial charge in [-0.2, -0.15) is 0 Å². The summed E-state index contributed by atoms with van der Waals surface area (Å²) in [4.78, 5) is 12.6. The number of hydrogen-bond donors (Lipinski definition) is 1. The molecule has 1 heterocycles. The van der Waals surface area contributed by atoms with Crippen molar-refractivity contribution in [3.63, 3.8) is 0 Å². The Hall–Kier alpha value is -1.36. The molecule has 0 bridgehead atoms. The topological polar surface area (TPSA) is 38.3 Å². The van der Waals surface area contributed by atoms with Crippen LogP contribution in [0, 0.1) is 0 Å². The molecule has 1 aliphatic heterocycles. The van der Waals surface area contributed by atoms with Gasteiger partial charge in [0.2, 0.25) is 5.91 Å². The van der Waals surface area contributed by atoms with Gasteiger partial charge in [-0.05, 0) is 36.6 Å². The highest BCUT2D eigenvalue weighted by Crippen LogP contribution is 2.42. The SMILES string of the molecule is CCC1(CC)CC(NC(=O)CSCc2ccc(Cl)cc2Cl)c2ccccc2O1. The standard InChI is InChI=1S/C22H25Cl2NO2S/c1-3-22(4-2)12-19(17-7-5-6-8-20(17)27-22)25-21(26)14-28-13-15-9-10-16(23)11-18(15)24/h5-11,19H,3-4,12-14H2,1-2H3,(H,25,26). The van der Waals surface area contributed by atoms with Gasteiger partial charge >= 0.3 is 0 Å². The molecule has 1 aliphatic rings. The van der Waals surface area contributed by atoms with Crippen molar-refractivity contribution in [2.24, 2.45) is 0 Å². The Kier molecular flexibility index (Phi) is 7.19. The van der Waals surface area contributed by atoms with Gasteiger partial charge in [-0.3, -0.25) is 4.79 Å². The Bertz CT molecular complexity index is 839. The third-order valence-electron chi connectivity index (χ3n) is 5.33. The number of hydrogen-bond acceptors (Lipinski definition) is 3. The maximum absolute atomic E-state index is 12.6. The van der Waals surface area contributed by atoms with Crippen molar-refractivity contribution in [3.8, 4) is 5.75 Å². The Morgan fingerprint density at radius 1 is 1.21 bits per heavy atom. The van der Waals surface area contributed by atoms with E-state index >= 15 is 0 Å². The van der Waals surface area contributed by atoms with E-state index in [2.05, 4.69) is 19.2 Å². The first-order valence-electron chi connectivity index (χ1n) is 9.55. The first-order chi connectivity index (χ1) is 13.5. The molecule has 6 heteroatoms. The molecule has 150 valence electrons. The van der Waals surface area contributed by atoms with Gasteiger partial charge in [0.1, 0.15) is 11.4 Å². The molecule has 3 rings (SSSR count). The molecule has 0 aliphatic carbocycles. The Morgan fingerprint density at radius 3 is 2.68 bits per heavy atom. The number of benzene rings is 2. The number of fused-ring (bicyclic) bond motifs is 1. The predicted octanol–water partition coefficient (Wildman–Crippen LogP) is 6.43. The molecule has 0 saturated carbocycles. The van der Waals surface area contributed by atoms with Gasteiger partial charge in [0.25, 0.3) is 0 Å². The van der Waals surface area contributed by atoms with Crippen LogP contribution in [0.1, 0.15) is 50.3 Å². The zero-order valence-electron chi connectivity index (χ0n) is 16.1. The third-order valence-corrected chi connectivity index (χ3v) is 6.90. The maximum Gasteiger partial charge on any atom is 0.230 e. The van der Waals surface area contributed by atoms with Gasteiger partial charge in [-0.1, -0.05) is 61.3 Å². The Balaban J connectivity index is 1.62. The summed E-state index contributed by atoms with van der Waals surface area (Å²) >= 11 is 13.7. The molecule has 0 radical (unpaired) electrons. The van der Waals surface area contributed by atoms with Gasteiger partial charge in [0.05, 0.1) is 11.8 Å². The summed E-state index contributed by atoms with van der Waals surface area (Å²) in [5.74, 6) is 1.95. The van der Waals surface area contributed by atoms with Gasteiger partial charge < -0.3 is 10.1 Å². The van der Waals surface area contributed by atoms with E-state index in [0.29, 0.717) is 21.6 Å². The monoisotopic (exact) mass is 437 g/mol. The predicted molar refractivity (Wildman–Crippen MR) is 119 cm³/mol. The fourth-order valence-corrected chi connectivity index (χ4v) is 4.96. The molecule has 0 aromatic heterocycles. The van der Waals surface area contributed by atoms with E-state index in [1.165, 1.54) is 0 Å². The average Bonchev–Trinajstić information content (AvgIpc) is 2.69. The minimum atomic E-state index is -0.226. The van der Waals surface area contributed by atoms with Crippen molar-refractivity contribution in [1.29, 1.82) is 0 Å². The normalized spacial score (nSPS) is 17.5. The van der Waals surface area contributed by atoms with Crippen molar-refractivity contribution >= 4 is 40.9 Å². The van der Waals surface area contributed by atoms with Gasteiger partial charge in [-0.25, -0.2) is 0 Å². The number of ether oxygens (including phenoxy) is 1. The molecule has 3 nitrogen and oxygen atoms in total. The number of halogens is 2. The average molecular weight is 438 g/mol. The smallest absolute Gasteiger partial charge is 0.230 e. The largest absolute Gasteiger partial charge is 0.487 e. The van der Waals surface area contributed by atoms with E-state index in [-0.39, 0.29) is 17.6 Å². The van der Waals surface area contributed by atoms with Gasteiger partial charge in [0, 0.05) is 27.8 Å². The summed E-state index contributed by atoms with van der Waals surface area (Å²) < 4.78 is 6.31. The molecule has 0 fully saturated rings. The first kappa shape index (κ1) is 21.4. The quantitative estimate of drug-likeness (QED) is 0.542. The van der Waals surface area contributed by atoms with Crippen molar-refractivity contribution in [2.75, 3.05) is 5.75 Å². The number of rotatable bonds is 7. The molecule has 1 N–H and O–H groups in total. The summed E-state index contributed by atoms with van der Waals surface area (Å²) in [7, 11) is 0. The van der Waals surface area contributed by atoms with E-state index in [9.17, 15) is 4.79 Å². The molecular formula is C22H25Cl2NO2S. The lowest BCUT2D eigenvalue weighted by Crippen LogP contribution is -2.44. The van der Waals surface area contributed by atoms with E-state index in [4.69, 9.17) is 27.9 Å². The summed E-state index contributed by atoms with van der Waals surface area (Å²) in [6.45, 7) is 4.28. The van der Waals surface area contributed by atoms with Crippen LogP contribution in [0.25, 0.3) is 0 Å². The highest BCUT2D eigenvalue weighted by molar-refractivity contribution is 7.99. The van der Waals surface area contributed by atoms with Crippen LogP contribution in [0.2, 0.25) is 10.0 Å². The number of thioether (sulfide) groups is 1. The molecule has 28 heavy (non-hydrogen) atoms. The van der Waals surface area contributed by atoms with Crippen LogP contribution in [0.4, 0.5) is 0 Å². The highest BCUT2D eigenvalue weighted by atomic mass is 35.5. The van der Waals surface area contributed by atoms with Crippen LogP contribution >= 0.6 is 35.0 Å². The molecule has 0 saturated heterocycles. The number of amides is 1. The number of nitrogens with one attached hydrogen (secondary N) is 1. The van der Waals surface area contributed by atoms with E-state index < -0.39 is 0 Å². The second kappa shape index (κ2) is 9.43. The Labute approximate surface area is 181 Å². The molecule has 1 atom stereocenters. The van der Waals surface area contributed by atoms with Crippen molar-refractivity contribution in [3.05, 3.63) is 63.6 Å². The molecule has 1 amide bonds. The lowest BCUT2D eigenvalue weighted by atomic mass is 9.83.